The molecule has 146 valence electrons. The number of hydrogen-bond donors (Lipinski definition) is 2. The first-order valence-corrected chi connectivity index (χ1v) is 9.51. The van der Waals surface area contributed by atoms with Crippen molar-refractivity contribution in [3.8, 4) is 0 Å². The molecule has 2 aliphatic rings. The summed E-state index contributed by atoms with van der Waals surface area (Å²) in [5, 5.41) is 11.8. The third-order valence-corrected chi connectivity index (χ3v) is 5.27. The van der Waals surface area contributed by atoms with Gasteiger partial charge >= 0.3 is 0 Å². The lowest BCUT2D eigenvalue weighted by Gasteiger charge is -2.32. The SMILES string of the molecule is I.NC(=NCc1nnc2n1CCC2)NC1CCN(Cc2ccccc2)CC1. The van der Waals surface area contributed by atoms with Gasteiger partial charge in [-0.05, 0) is 24.8 Å². The van der Waals surface area contributed by atoms with Crippen LogP contribution in [0.15, 0.2) is 35.3 Å². The van der Waals surface area contributed by atoms with Gasteiger partial charge in [-0.3, -0.25) is 4.90 Å². The Bertz CT molecular complexity index is 751. The lowest BCUT2D eigenvalue weighted by Crippen LogP contribution is -2.46. The Morgan fingerprint density at radius 2 is 1.93 bits per heavy atom. The van der Waals surface area contributed by atoms with Gasteiger partial charge in [0.15, 0.2) is 11.8 Å². The Balaban J connectivity index is 0.00000210. The van der Waals surface area contributed by atoms with Gasteiger partial charge in [-0.15, -0.1) is 34.2 Å². The molecule has 0 bridgehead atoms. The average Bonchev–Trinajstić information content (AvgIpc) is 3.27. The van der Waals surface area contributed by atoms with Crippen molar-refractivity contribution in [1.29, 1.82) is 0 Å². The molecule has 0 radical (unpaired) electrons. The smallest absolute Gasteiger partial charge is 0.189 e. The third kappa shape index (κ3) is 5.19. The van der Waals surface area contributed by atoms with Crippen LogP contribution < -0.4 is 11.1 Å². The molecule has 8 heteroatoms. The van der Waals surface area contributed by atoms with Crippen LogP contribution in [0.4, 0.5) is 0 Å². The highest BCUT2D eigenvalue weighted by atomic mass is 127. The first-order valence-electron chi connectivity index (χ1n) is 9.51. The summed E-state index contributed by atoms with van der Waals surface area (Å²) in [5.41, 5.74) is 7.47. The van der Waals surface area contributed by atoms with Crippen LogP contribution in [0.1, 0.15) is 36.5 Å². The van der Waals surface area contributed by atoms with E-state index in [1.165, 1.54) is 5.56 Å². The molecule has 1 fully saturated rings. The van der Waals surface area contributed by atoms with E-state index in [1.807, 2.05) is 0 Å². The molecule has 3 N–H and O–H groups in total. The Morgan fingerprint density at radius 1 is 1.15 bits per heavy atom. The van der Waals surface area contributed by atoms with E-state index in [4.69, 9.17) is 5.73 Å². The summed E-state index contributed by atoms with van der Waals surface area (Å²) in [7, 11) is 0. The van der Waals surface area contributed by atoms with Crippen molar-refractivity contribution in [2.24, 2.45) is 10.7 Å². The molecule has 1 aromatic carbocycles. The molecule has 0 aliphatic carbocycles. The number of nitrogens with two attached hydrogens (primary N) is 1. The molecule has 2 aliphatic heterocycles. The van der Waals surface area contributed by atoms with Gasteiger partial charge in [-0.2, -0.15) is 0 Å². The van der Waals surface area contributed by atoms with Gasteiger partial charge in [0.25, 0.3) is 0 Å². The Labute approximate surface area is 177 Å². The molecule has 1 saturated heterocycles. The highest BCUT2D eigenvalue weighted by Crippen LogP contribution is 2.15. The van der Waals surface area contributed by atoms with Gasteiger partial charge in [-0.25, -0.2) is 4.99 Å². The second-order valence-corrected chi connectivity index (χ2v) is 7.17. The van der Waals surface area contributed by atoms with Gasteiger partial charge in [0.1, 0.15) is 12.4 Å². The van der Waals surface area contributed by atoms with E-state index in [1.54, 1.807) is 0 Å². The minimum Gasteiger partial charge on any atom is -0.370 e. The van der Waals surface area contributed by atoms with E-state index < -0.39 is 0 Å². The lowest BCUT2D eigenvalue weighted by molar-refractivity contribution is 0.199. The zero-order chi connectivity index (χ0) is 17.8. The van der Waals surface area contributed by atoms with Gasteiger partial charge in [0.05, 0.1) is 0 Å². The zero-order valence-electron chi connectivity index (χ0n) is 15.5. The van der Waals surface area contributed by atoms with Gasteiger partial charge in [0.2, 0.25) is 0 Å². The van der Waals surface area contributed by atoms with E-state index in [9.17, 15) is 0 Å². The highest BCUT2D eigenvalue weighted by molar-refractivity contribution is 14.0. The summed E-state index contributed by atoms with van der Waals surface area (Å²) in [6.45, 7) is 4.68. The van der Waals surface area contributed by atoms with Gasteiger partial charge in [-0.1, -0.05) is 30.3 Å². The average molecular weight is 481 g/mol. The third-order valence-electron chi connectivity index (χ3n) is 5.27. The van der Waals surface area contributed by atoms with Gasteiger partial charge < -0.3 is 15.6 Å². The number of nitrogens with zero attached hydrogens (tertiary/aromatic N) is 5. The first-order chi connectivity index (χ1) is 12.8. The first kappa shape index (κ1) is 20.1. The molecule has 0 unspecified atom stereocenters. The van der Waals surface area contributed by atoms with Crippen LogP contribution >= 0.6 is 24.0 Å². The molecule has 1 aromatic heterocycles. The Kier molecular flexibility index (Phi) is 7.06. The maximum atomic E-state index is 6.09. The number of aromatic nitrogens is 3. The van der Waals surface area contributed by atoms with E-state index in [0.29, 0.717) is 18.5 Å². The van der Waals surface area contributed by atoms with Crippen LogP contribution in [0.2, 0.25) is 0 Å². The number of benzene rings is 1. The molecule has 0 spiro atoms. The second-order valence-electron chi connectivity index (χ2n) is 7.17. The van der Waals surface area contributed by atoms with Crippen LogP contribution in [0.3, 0.4) is 0 Å². The van der Waals surface area contributed by atoms with Crippen LogP contribution in [0, 0.1) is 0 Å². The zero-order valence-corrected chi connectivity index (χ0v) is 17.9. The number of aryl methyl sites for hydroxylation is 1. The van der Waals surface area contributed by atoms with E-state index in [2.05, 4.69) is 60.3 Å². The van der Waals surface area contributed by atoms with Crippen molar-refractivity contribution in [2.75, 3.05) is 13.1 Å². The predicted octanol–water partition coefficient (Wildman–Crippen LogP) is 1.91. The van der Waals surface area contributed by atoms with Crippen molar-refractivity contribution in [2.45, 2.75) is 51.4 Å². The van der Waals surface area contributed by atoms with Crippen molar-refractivity contribution >= 4 is 29.9 Å². The summed E-state index contributed by atoms with van der Waals surface area (Å²) < 4.78 is 2.17. The summed E-state index contributed by atoms with van der Waals surface area (Å²) in [4.78, 5) is 6.97. The number of aliphatic imine (C=N–C) groups is 1. The van der Waals surface area contributed by atoms with Crippen molar-refractivity contribution < 1.29 is 0 Å². The number of fused-ring (bicyclic) bond motifs is 1. The Hall–Kier alpha value is -1.68. The minimum absolute atomic E-state index is 0. The van der Waals surface area contributed by atoms with E-state index in [0.717, 1.165) is 63.5 Å². The molecule has 27 heavy (non-hydrogen) atoms. The summed E-state index contributed by atoms with van der Waals surface area (Å²) in [6, 6.07) is 11.1. The number of nitrogens with one attached hydrogen (secondary N) is 1. The van der Waals surface area contributed by atoms with Crippen molar-refractivity contribution in [3.05, 3.63) is 47.5 Å². The highest BCUT2D eigenvalue weighted by Gasteiger charge is 2.20. The maximum absolute atomic E-state index is 6.09. The van der Waals surface area contributed by atoms with Crippen LogP contribution in [-0.4, -0.2) is 44.8 Å². The predicted molar refractivity (Wildman–Crippen MR) is 117 cm³/mol. The molecule has 0 atom stereocenters. The quantitative estimate of drug-likeness (QED) is 0.387. The second kappa shape index (κ2) is 9.50. The summed E-state index contributed by atoms with van der Waals surface area (Å²) in [6.07, 6.45) is 4.34. The van der Waals surface area contributed by atoms with Crippen LogP contribution in [0.25, 0.3) is 0 Å². The Morgan fingerprint density at radius 3 is 2.70 bits per heavy atom. The fraction of sp³-hybridized carbons (Fsp3) is 0.526. The molecule has 0 amide bonds. The molecule has 4 rings (SSSR count). The molecule has 0 saturated carbocycles. The summed E-state index contributed by atoms with van der Waals surface area (Å²) >= 11 is 0. The number of hydrogen-bond acceptors (Lipinski definition) is 4. The summed E-state index contributed by atoms with van der Waals surface area (Å²) in [5.74, 6) is 2.51. The van der Waals surface area contributed by atoms with Crippen LogP contribution in [-0.2, 0) is 26.1 Å². The monoisotopic (exact) mass is 481 g/mol. The minimum atomic E-state index is 0. The van der Waals surface area contributed by atoms with Crippen molar-refractivity contribution in [1.82, 2.24) is 25.0 Å². The normalized spacial score (nSPS) is 18.1. The fourth-order valence-corrected chi connectivity index (χ4v) is 3.82. The molecular formula is C19H28IN7. The topological polar surface area (TPSA) is 84.4 Å². The molecular weight excluding hydrogens is 453 g/mol. The standard InChI is InChI=1S/C19H27N7.HI/c20-19(21-13-18-24-23-17-7-4-10-26(17)18)22-16-8-11-25(12-9-16)14-15-5-2-1-3-6-15;/h1-3,5-6,16H,4,7-14H2,(H3,20,21,22);1H. The van der Waals surface area contributed by atoms with E-state index >= 15 is 0 Å². The maximum Gasteiger partial charge on any atom is 0.189 e. The van der Waals surface area contributed by atoms with E-state index in [-0.39, 0.29) is 24.0 Å². The number of guanidine groups is 1. The molecule has 3 heterocycles. The van der Waals surface area contributed by atoms with Crippen molar-refractivity contribution in [3.63, 3.8) is 0 Å². The fourth-order valence-electron chi connectivity index (χ4n) is 3.82. The largest absolute Gasteiger partial charge is 0.370 e. The lowest BCUT2D eigenvalue weighted by atomic mass is 10.0. The molecule has 7 nitrogen and oxygen atoms in total. The van der Waals surface area contributed by atoms with Crippen LogP contribution in [0.5, 0.6) is 0 Å². The number of likely N-dealkylation sites (tertiary alicyclic amines) is 1. The number of piperidine rings is 1. The molecule has 2 aromatic rings. The number of rotatable bonds is 5. The van der Waals surface area contributed by atoms with Gasteiger partial charge in [0, 0.05) is 38.6 Å². The number of halogens is 1.